The van der Waals surface area contributed by atoms with Crippen LogP contribution in [-0.4, -0.2) is 24.9 Å². The highest BCUT2D eigenvalue weighted by molar-refractivity contribution is 6.53. The molecule has 26 heavy (non-hydrogen) atoms. The van der Waals surface area contributed by atoms with Crippen molar-refractivity contribution in [2.45, 2.75) is 0 Å². The van der Waals surface area contributed by atoms with E-state index in [1.165, 1.54) is 31.4 Å². The van der Waals surface area contributed by atoms with Crippen molar-refractivity contribution < 1.29 is 23.5 Å². The summed E-state index contributed by atoms with van der Waals surface area (Å²) in [7, 11) is 1.27. The Bertz CT molecular complexity index is 923. The standard InChI is InChI=1S/C18H12ClFN2O4/c1-26-18(25)10-2-6-12(7-3-10)21-15-14(19)16(23)22(17(15)24)13-8-4-11(20)5-9-13/h2-9,21H,1H3. The van der Waals surface area contributed by atoms with Crippen molar-refractivity contribution in [3.8, 4) is 0 Å². The molecule has 0 saturated carbocycles. The van der Waals surface area contributed by atoms with Gasteiger partial charge in [0.05, 0.1) is 18.4 Å². The second kappa shape index (κ2) is 6.97. The van der Waals surface area contributed by atoms with Crippen LogP contribution in [0.25, 0.3) is 0 Å². The Morgan fingerprint density at radius 3 is 2.23 bits per heavy atom. The first-order chi connectivity index (χ1) is 12.4. The van der Waals surface area contributed by atoms with Gasteiger partial charge in [0.2, 0.25) is 0 Å². The number of rotatable bonds is 4. The fourth-order valence-electron chi connectivity index (χ4n) is 2.39. The molecule has 2 aromatic rings. The summed E-state index contributed by atoms with van der Waals surface area (Å²) < 4.78 is 17.7. The van der Waals surface area contributed by atoms with E-state index in [9.17, 15) is 18.8 Å². The third-order valence-electron chi connectivity index (χ3n) is 3.69. The summed E-state index contributed by atoms with van der Waals surface area (Å²) in [6, 6.07) is 11.0. The Labute approximate surface area is 152 Å². The Morgan fingerprint density at radius 2 is 1.65 bits per heavy atom. The average molecular weight is 375 g/mol. The van der Waals surface area contributed by atoms with Gasteiger partial charge < -0.3 is 10.1 Å². The van der Waals surface area contributed by atoms with Crippen molar-refractivity contribution in [1.29, 1.82) is 0 Å². The van der Waals surface area contributed by atoms with Gasteiger partial charge in [-0.25, -0.2) is 14.1 Å². The van der Waals surface area contributed by atoms with E-state index in [1.54, 1.807) is 12.1 Å². The molecule has 3 rings (SSSR count). The third-order valence-corrected chi connectivity index (χ3v) is 4.04. The molecular formula is C18H12ClFN2O4. The smallest absolute Gasteiger partial charge is 0.337 e. The Kier molecular flexibility index (Phi) is 4.73. The van der Waals surface area contributed by atoms with Gasteiger partial charge in [-0.15, -0.1) is 0 Å². The summed E-state index contributed by atoms with van der Waals surface area (Å²) >= 11 is 6.01. The fraction of sp³-hybridized carbons (Fsp3) is 0.0556. The lowest BCUT2D eigenvalue weighted by molar-refractivity contribution is -0.120. The molecule has 0 atom stereocenters. The van der Waals surface area contributed by atoms with Crippen LogP contribution in [0.2, 0.25) is 0 Å². The minimum Gasteiger partial charge on any atom is -0.465 e. The molecule has 0 bridgehead atoms. The highest BCUT2D eigenvalue weighted by atomic mass is 35.5. The van der Waals surface area contributed by atoms with Crippen LogP contribution in [0, 0.1) is 5.82 Å². The number of halogens is 2. The zero-order chi connectivity index (χ0) is 18.8. The SMILES string of the molecule is COC(=O)c1ccc(NC2=C(Cl)C(=O)N(c3ccc(F)cc3)C2=O)cc1. The van der Waals surface area contributed by atoms with Gasteiger partial charge in [0.15, 0.2) is 0 Å². The summed E-state index contributed by atoms with van der Waals surface area (Å²) in [6.45, 7) is 0. The maximum atomic E-state index is 13.1. The van der Waals surface area contributed by atoms with Crippen LogP contribution in [0.5, 0.6) is 0 Å². The van der Waals surface area contributed by atoms with Crippen LogP contribution < -0.4 is 10.2 Å². The van der Waals surface area contributed by atoms with Gasteiger partial charge in [-0.3, -0.25) is 9.59 Å². The lowest BCUT2D eigenvalue weighted by atomic mass is 10.2. The molecule has 2 aromatic carbocycles. The number of imide groups is 1. The lowest BCUT2D eigenvalue weighted by Crippen LogP contribution is -2.32. The first-order valence-electron chi connectivity index (χ1n) is 7.42. The van der Waals surface area contributed by atoms with Gasteiger partial charge in [-0.2, -0.15) is 0 Å². The first-order valence-corrected chi connectivity index (χ1v) is 7.79. The van der Waals surface area contributed by atoms with Crippen LogP contribution in [0.3, 0.4) is 0 Å². The van der Waals surface area contributed by atoms with Crippen LogP contribution in [0.1, 0.15) is 10.4 Å². The Hall–Kier alpha value is -3.19. The summed E-state index contributed by atoms with van der Waals surface area (Å²) in [6.07, 6.45) is 0. The molecule has 1 heterocycles. The minimum atomic E-state index is -0.711. The molecule has 0 saturated heterocycles. The van der Waals surface area contributed by atoms with E-state index in [1.807, 2.05) is 0 Å². The predicted molar refractivity (Wildman–Crippen MR) is 93.2 cm³/mol. The largest absolute Gasteiger partial charge is 0.465 e. The zero-order valence-electron chi connectivity index (χ0n) is 13.5. The number of ether oxygens (including phenoxy) is 1. The van der Waals surface area contributed by atoms with Crippen molar-refractivity contribution in [2.24, 2.45) is 0 Å². The van der Waals surface area contributed by atoms with Gasteiger partial charge in [-0.1, -0.05) is 11.6 Å². The number of esters is 1. The van der Waals surface area contributed by atoms with Crippen molar-refractivity contribution in [1.82, 2.24) is 0 Å². The highest BCUT2D eigenvalue weighted by Crippen LogP contribution is 2.30. The number of methoxy groups -OCH3 is 1. The summed E-state index contributed by atoms with van der Waals surface area (Å²) in [5.41, 5.74) is 0.886. The second-order valence-corrected chi connectivity index (χ2v) is 5.68. The molecule has 0 aromatic heterocycles. The molecule has 0 unspecified atom stereocenters. The summed E-state index contributed by atoms with van der Waals surface area (Å²) in [4.78, 5) is 37.2. The molecule has 132 valence electrons. The molecule has 8 heteroatoms. The number of nitrogens with one attached hydrogen (secondary N) is 1. The third kappa shape index (κ3) is 3.16. The topological polar surface area (TPSA) is 75.7 Å². The molecule has 0 radical (unpaired) electrons. The van der Waals surface area contributed by atoms with E-state index in [-0.39, 0.29) is 16.4 Å². The van der Waals surface area contributed by atoms with E-state index in [4.69, 9.17) is 11.6 Å². The molecule has 1 N–H and O–H groups in total. The normalized spacial score (nSPS) is 14.0. The monoisotopic (exact) mass is 374 g/mol. The highest BCUT2D eigenvalue weighted by Gasteiger charge is 2.38. The van der Waals surface area contributed by atoms with Crippen molar-refractivity contribution in [2.75, 3.05) is 17.3 Å². The number of carbonyl (C=O) groups excluding carboxylic acids is 3. The number of hydrogen-bond donors (Lipinski definition) is 1. The predicted octanol–water partition coefficient (Wildman–Crippen LogP) is 3.05. The van der Waals surface area contributed by atoms with Crippen LogP contribution in [-0.2, 0) is 14.3 Å². The van der Waals surface area contributed by atoms with Gasteiger partial charge in [0.25, 0.3) is 11.8 Å². The van der Waals surface area contributed by atoms with Gasteiger partial charge in [0, 0.05) is 5.69 Å². The van der Waals surface area contributed by atoms with E-state index < -0.39 is 23.6 Å². The second-order valence-electron chi connectivity index (χ2n) is 5.31. The number of carbonyl (C=O) groups is 3. The zero-order valence-corrected chi connectivity index (χ0v) is 14.2. The lowest BCUT2D eigenvalue weighted by Gasteiger charge is -2.15. The molecule has 0 fully saturated rings. The molecule has 0 spiro atoms. The Morgan fingerprint density at radius 1 is 1.04 bits per heavy atom. The van der Waals surface area contributed by atoms with E-state index in [0.717, 1.165) is 17.0 Å². The molecule has 1 aliphatic heterocycles. The van der Waals surface area contributed by atoms with Gasteiger partial charge in [-0.05, 0) is 48.5 Å². The van der Waals surface area contributed by atoms with Crippen LogP contribution in [0.4, 0.5) is 15.8 Å². The molecule has 0 aliphatic carbocycles. The first kappa shape index (κ1) is 17.6. The molecular weight excluding hydrogens is 363 g/mol. The van der Waals surface area contributed by atoms with Crippen LogP contribution >= 0.6 is 11.6 Å². The van der Waals surface area contributed by atoms with E-state index >= 15 is 0 Å². The molecule has 1 aliphatic rings. The van der Waals surface area contributed by atoms with E-state index in [0.29, 0.717) is 11.3 Å². The van der Waals surface area contributed by atoms with Crippen molar-refractivity contribution in [3.05, 3.63) is 70.6 Å². The minimum absolute atomic E-state index is 0.105. The maximum absolute atomic E-state index is 13.1. The number of benzene rings is 2. The fourth-order valence-corrected chi connectivity index (χ4v) is 2.60. The summed E-state index contributed by atoms with van der Waals surface area (Å²) in [5.74, 6) is -2.36. The van der Waals surface area contributed by atoms with Crippen LogP contribution in [0.15, 0.2) is 59.3 Å². The van der Waals surface area contributed by atoms with Gasteiger partial charge in [0.1, 0.15) is 16.5 Å². The maximum Gasteiger partial charge on any atom is 0.337 e. The van der Waals surface area contributed by atoms with Crippen molar-refractivity contribution >= 4 is 40.8 Å². The summed E-state index contributed by atoms with van der Waals surface area (Å²) in [5, 5.41) is 2.49. The number of nitrogens with zero attached hydrogens (tertiary/aromatic N) is 1. The molecule has 2 amide bonds. The molecule has 6 nitrogen and oxygen atoms in total. The number of amides is 2. The quantitative estimate of drug-likeness (QED) is 0.657. The average Bonchev–Trinajstić information content (AvgIpc) is 2.86. The van der Waals surface area contributed by atoms with Crippen molar-refractivity contribution in [3.63, 3.8) is 0 Å². The number of hydrogen-bond acceptors (Lipinski definition) is 5. The van der Waals surface area contributed by atoms with Gasteiger partial charge >= 0.3 is 5.97 Å². The van der Waals surface area contributed by atoms with E-state index in [2.05, 4.69) is 10.1 Å². The Balaban J connectivity index is 1.84. The number of anilines is 2.